The van der Waals surface area contributed by atoms with E-state index in [0.717, 1.165) is 5.57 Å². The SMILES string of the molecule is C=C(C)COCCNC(=O)N[C@H](C(=O)O)[C@@H](C)CC. The third-order valence-corrected chi connectivity index (χ3v) is 2.65. The molecule has 19 heavy (non-hydrogen) atoms. The first-order chi connectivity index (χ1) is 8.88. The predicted octanol–water partition coefficient (Wildman–Crippen LogP) is 1.38. The Labute approximate surface area is 114 Å². The highest BCUT2D eigenvalue weighted by Crippen LogP contribution is 2.07. The summed E-state index contributed by atoms with van der Waals surface area (Å²) in [5.74, 6) is -1.15. The molecule has 3 N–H and O–H groups in total. The molecule has 0 unspecified atom stereocenters. The quantitative estimate of drug-likeness (QED) is 0.437. The molecule has 0 radical (unpaired) electrons. The normalized spacial score (nSPS) is 13.4. The second kappa shape index (κ2) is 9.38. The molecule has 0 aliphatic heterocycles. The smallest absolute Gasteiger partial charge is 0.326 e. The summed E-state index contributed by atoms with van der Waals surface area (Å²) in [6.45, 7) is 10.3. The molecule has 0 aromatic heterocycles. The Hall–Kier alpha value is -1.56. The van der Waals surface area contributed by atoms with Crippen LogP contribution in [-0.2, 0) is 9.53 Å². The lowest BCUT2D eigenvalue weighted by molar-refractivity contribution is -0.140. The first kappa shape index (κ1) is 17.4. The van der Waals surface area contributed by atoms with Crippen LogP contribution in [0.4, 0.5) is 4.79 Å². The summed E-state index contributed by atoms with van der Waals surface area (Å²) in [7, 11) is 0. The average molecular weight is 272 g/mol. The third kappa shape index (κ3) is 8.20. The van der Waals surface area contributed by atoms with Crippen LogP contribution in [0.5, 0.6) is 0 Å². The van der Waals surface area contributed by atoms with Crippen molar-refractivity contribution < 1.29 is 19.4 Å². The fourth-order valence-corrected chi connectivity index (χ4v) is 1.36. The van der Waals surface area contributed by atoms with Gasteiger partial charge in [0.1, 0.15) is 6.04 Å². The summed E-state index contributed by atoms with van der Waals surface area (Å²) in [6.07, 6.45) is 0.680. The van der Waals surface area contributed by atoms with Gasteiger partial charge < -0.3 is 20.5 Å². The summed E-state index contributed by atoms with van der Waals surface area (Å²) < 4.78 is 5.21. The molecule has 0 heterocycles. The van der Waals surface area contributed by atoms with Gasteiger partial charge in [-0.15, -0.1) is 0 Å². The lowest BCUT2D eigenvalue weighted by Gasteiger charge is -2.20. The molecule has 0 aliphatic rings. The summed E-state index contributed by atoms with van der Waals surface area (Å²) in [4.78, 5) is 22.5. The van der Waals surface area contributed by atoms with Gasteiger partial charge in [-0.3, -0.25) is 0 Å². The van der Waals surface area contributed by atoms with Gasteiger partial charge in [0.15, 0.2) is 0 Å². The van der Waals surface area contributed by atoms with Gasteiger partial charge in [-0.05, 0) is 12.8 Å². The molecule has 0 saturated carbocycles. The molecule has 0 bridgehead atoms. The summed E-state index contributed by atoms with van der Waals surface area (Å²) in [5.41, 5.74) is 0.909. The Kier molecular flexibility index (Phi) is 8.61. The predicted molar refractivity (Wildman–Crippen MR) is 73.0 cm³/mol. The number of carbonyl (C=O) groups is 2. The number of ether oxygens (including phenoxy) is 1. The van der Waals surface area contributed by atoms with Gasteiger partial charge in [0.2, 0.25) is 0 Å². The maximum absolute atomic E-state index is 11.5. The van der Waals surface area contributed by atoms with Crippen molar-refractivity contribution in [3.05, 3.63) is 12.2 Å². The maximum Gasteiger partial charge on any atom is 0.326 e. The van der Waals surface area contributed by atoms with E-state index in [-0.39, 0.29) is 5.92 Å². The molecular weight excluding hydrogens is 248 g/mol. The van der Waals surface area contributed by atoms with Crippen molar-refractivity contribution in [1.29, 1.82) is 0 Å². The van der Waals surface area contributed by atoms with Gasteiger partial charge in [0, 0.05) is 6.54 Å². The van der Waals surface area contributed by atoms with Crippen LogP contribution >= 0.6 is 0 Å². The number of amides is 2. The molecule has 110 valence electrons. The summed E-state index contributed by atoms with van der Waals surface area (Å²) in [5, 5.41) is 14.0. The van der Waals surface area contributed by atoms with E-state index >= 15 is 0 Å². The Bertz CT molecular complexity index is 318. The standard InChI is InChI=1S/C13H24N2O4/c1-5-10(4)11(12(16)17)15-13(18)14-6-7-19-8-9(2)3/h10-11H,2,5-8H2,1,3-4H3,(H,16,17)(H2,14,15,18)/t10-,11-/m0/s1. The fraction of sp³-hybridized carbons (Fsp3) is 0.692. The van der Waals surface area contributed by atoms with Crippen LogP contribution in [0.1, 0.15) is 27.2 Å². The fourth-order valence-electron chi connectivity index (χ4n) is 1.36. The second-order valence-corrected chi connectivity index (χ2v) is 4.61. The summed E-state index contributed by atoms with van der Waals surface area (Å²) >= 11 is 0. The maximum atomic E-state index is 11.5. The monoisotopic (exact) mass is 272 g/mol. The van der Waals surface area contributed by atoms with E-state index in [0.29, 0.717) is 26.2 Å². The number of hydrogen-bond acceptors (Lipinski definition) is 3. The van der Waals surface area contributed by atoms with Crippen LogP contribution in [0, 0.1) is 5.92 Å². The molecule has 0 spiro atoms. The van der Waals surface area contributed by atoms with E-state index in [1.165, 1.54) is 0 Å². The minimum absolute atomic E-state index is 0.122. The molecule has 0 saturated heterocycles. The van der Waals surface area contributed by atoms with E-state index in [1.807, 2.05) is 13.8 Å². The Balaban J connectivity index is 3.94. The molecule has 0 aliphatic carbocycles. The number of nitrogens with one attached hydrogen (secondary N) is 2. The van der Waals surface area contributed by atoms with Crippen molar-refractivity contribution in [3.8, 4) is 0 Å². The second-order valence-electron chi connectivity index (χ2n) is 4.61. The van der Waals surface area contributed by atoms with Gasteiger partial charge in [-0.25, -0.2) is 9.59 Å². The topological polar surface area (TPSA) is 87.7 Å². The molecule has 6 heteroatoms. The molecule has 0 aromatic carbocycles. The van der Waals surface area contributed by atoms with Crippen LogP contribution in [0.25, 0.3) is 0 Å². The first-order valence-corrected chi connectivity index (χ1v) is 6.37. The Morgan fingerprint density at radius 3 is 2.53 bits per heavy atom. The van der Waals surface area contributed by atoms with Crippen molar-refractivity contribution in [2.24, 2.45) is 5.92 Å². The van der Waals surface area contributed by atoms with E-state index in [4.69, 9.17) is 9.84 Å². The molecule has 2 amide bonds. The zero-order valence-corrected chi connectivity index (χ0v) is 11.9. The number of urea groups is 1. The molecule has 2 atom stereocenters. The van der Waals surface area contributed by atoms with Crippen LogP contribution in [0.15, 0.2) is 12.2 Å². The van der Waals surface area contributed by atoms with Gasteiger partial charge in [0.05, 0.1) is 13.2 Å². The number of rotatable bonds is 9. The van der Waals surface area contributed by atoms with Gasteiger partial charge in [0.25, 0.3) is 0 Å². The molecular formula is C13H24N2O4. The highest BCUT2D eigenvalue weighted by molar-refractivity contribution is 5.82. The minimum Gasteiger partial charge on any atom is -0.480 e. The van der Waals surface area contributed by atoms with Crippen LogP contribution in [0.2, 0.25) is 0 Å². The number of carboxylic acids is 1. The van der Waals surface area contributed by atoms with Crippen molar-refractivity contribution in [3.63, 3.8) is 0 Å². The van der Waals surface area contributed by atoms with E-state index in [2.05, 4.69) is 17.2 Å². The third-order valence-electron chi connectivity index (χ3n) is 2.65. The lowest BCUT2D eigenvalue weighted by atomic mass is 9.99. The highest BCUT2D eigenvalue weighted by atomic mass is 16.5. The molecule has 0 rings (SSSR count). The van der Waals surface area contributed by atoms with Crippen LogP contribution < -0.4 is 10.6 Å². The van der Waals surface area contributed by atoms with Gasteiger partial charge in [-0.1, -0.05) is 32.4 Å². The van der Waals surface area contributed by atoms with Crippen molar-refractivity contribution in [2.75, 3.05) is 19.8 Å². The zero-order chi connectivity index (χ0) is 14.8. The van der Waals surface area contributed by atoms with E-state index < -0.39 is 18.0 Å². The van der Waals surface area contributed by atoms with Crippen molar-refractivity contribution in [2.45, 2.75) is 33.2 Å². The van der Waals surface area contributed by atoms with Crippen molar-refractivity contribution >= 4 is 12.0 Å². The molecule has 6 nitrogen and oxygen atoms in total. The zero-order valence-electron chi connectivity index (χ0n) is 11.9. The van der Waals surface area contributed by atoms with E-state index in [9.17, 15) is 9.59 Å². The van der Waals surface area contributed by atoms with Gasteiger partial charge in [-0.2, -0.15) is 0 Å². The van der Waals surface area contributed by atoms with Crippen LogP contribution in [0.3, 0.4) is 0 Å². The van der Waals surface area contributed by atoms with Crippen LogP contribution in [-0.4, -0.2) is 42.9 Å². The highest BCUT2D eigenvalue weighted by Gasteiger charge is 2.24. The Morgan fingerprint density at radius 2 is 2.05 bits per heavy atom. The number of hydrogen-bond donors (Lipinski definition) is 3. The van der Waals surface area contributed by atoms with E-state index in [1.54, 1.807) is 6.92 Å². The van der Waals surface area contributed by atoms with Crippen molar-refractivity contribution in [1.82, 2.24) is 10.6 Å². The largest absolute Gasteiger partial charge is 0.480 e. The molecule has 0 fully saturated rings. The first-order valence-electron chi connectivity index (χ1n) is 6.37. The minimum atomic E-state index is -1.02. The summed E-state index contributed by atoms with van der Waals surface area (Å²) in [6, 6.07) is -1.37. The number of carboxylic acid groups (broad SMARTS) is 1. The average Bonchev–Trinajstić information content (AvgIpc) is 2.33. The molecule has 0 aromatic rings. The lowest BCUT2D eigenvalue weighted by Crippen LogP contribution is -2.49. The number of aliphatic carboxylic acids is 1. The Morgan fingerprint density at radius 1 is 1.42 bits per heavy atom. The number of carbonyl (C=O) groups excluding carboxylic acids is 1. The van der Waals surface area contributed by atoms with Gasteiger partial charge >= 0.3 is 12.0 Å².